The average Bonchev–Trinajstić information content (AvgIpc) is 3.56. The molecule has 0 spiro atoms. The minimum absolute atomic E-state index is 0.657. The molecule has 33 heavy (non-hydrogen) atoms. The first-order valence-electron chi connectivity index (χ1n) is 11.2. The average molecular weight is 436 g/mol. The second-order valence-electron chi connectivity index (χ2n) is 8.02. The standard InChI is InChI=1S/C26H25N7/c1-2-3-8-20-9-4-5-11-23(20)25-27-18-33(30-25)17-19-13-15-21(16-14-19)22-10-6-7-12-24(22)26-28-31-32-29-26/h4-7,9-16,18H,2-3,8,17H2,1H3,(H,28,29,31,32). The fraction of sp³-hybridized carbons (Fsp3) is 0.192. The summed E-state index contributed by atoms with van der Waals surface area (Å²) >= 11 is 0. The normalized spacial score (nSPS) is 11.1. The van der Waals surface area contributed by atoms with Crippen molar-refractivity contribution in [3.8, 4) is 33.9 Å². The van der Waals surface area contributed by atoms with Crippen molar-refractivity contribution in [1.29, 1.82) is 0 Å². The zero-order valence-electron chi connectivity index (χ0n) is 18.5. The molecular formula is C26H25N7. The molecule has 0 saturated carbocycles. The molecule has 2 heterocycles. The molecule has 0 saturated heterocycles. The Kier molecular flexibility index (Phi) is 6.01. The van der Waals surface area contributed by atoms with Crippen LogP contribution in [0.1, 0.15) is 30.9 Å². The van der Waals surface area contributed by atoms with Crippen molar-refractivity contribution in [2.75, 3.05) is 0 Å². The van der Waals surface area contributed by atoms with Crippen molar-refractivity contribution in [2.45, 2.75) is 32.7 Å². The number of nitrogens with one attached hydrogen (secondary N) is 1. The molecule has 1 N–H and O–H groups in total. The molecule has 5 aromatic rings. The van der Waals surface area contributed by atoms with Crippen molar-refractivity contribution in [3.63, 3.8) is 0 Å². The molecule has 0 atom stereocenters. The molecular weight excluding hydrogens is 410 g/mol. The van der Waals surface area contributed by atoms with Crippen molar-refractivity contribution in [3.05, 3.63) is 90.3 Å². The Bertz CT molecular complexity index is 1320. The highest BCUT2D eigenvalue weighted by atomic mass is 15.5. The lowest BCUT2D eigenvalue weighted by molar-refractivity contribution is 0.686. The number of aryl methyl sites for hydroxylation is 1. The highest BCUT2D eigenvalue weighted by Gasteiger charge is 2.11. The largest absolute Gasteiger partial charge is 0.248 e. The topological polar surface area (TPSA) is 85.2 Å². The Morgan fingerprint density at radius 1 is 0.848 bits per heavy atom. The second kappa shape index (κ2) is 9.56. The lowest BCUT2D eigenvalue weighted by Gasteiger charge is -2.08. The molecule has 164 valence electrons. The van der Waals surface area contributed by atoms with Gasteiger partial charge in [-0.15, -0.1) is 5.10 Å². The van der Waals surface area contributed by atoms with E-state index in [2.05, 4.69) is 87.1 Å². The number of nitrogens with zero attached hydrogens (tertiary/aromatic N) is 6. The van der Waals surface area contributed by atoms with Gasteiger partial charge in [0.05, 0.1) is 6.54 Å². The number of rotatable bonds is 8. The van der Waals surface area contributed by atoms with Crippen LogP contribution in [0.25, 0.3) is 33.9 Å². The lowest BCUT2D eigenvalue weighted by atomic mass is 9.98. The highest BCUT2D eigenvalue weighted by Crippen LogP contribution is 2.30. The van der Waals surface area contributed by atoms with Gasteiger partial charge >= 0.3 is 0 Å². The zero-order chi connectivity index (χ0) is 22.5. The molecule has 2 aromatic heterocycles. The van der Waals surface area contributed by atoms with Gasteiger partial charge in [0.15, 0.2) is 11.6 Å². The summed E-state index contributed by atoms with van der Waals surface area (Å²) in [6.45, 7) is 2.88. The predicted molar refractivity (Wildman–Crippen MR) is 128 cm³/mol. The molecule has 0 bridgehead atoms. The van der Waals surface area contributed by atoms with Crippen molar-refractivity contribution in [1.82, 2.24) is 35.4 Å². The van der Waals surface area contributed by atoms with E-state index in [0.717, 1.165) is 40.1 Å². The Balaban J connectivity index is 1.35. The van der Waals surface area contributed by atoms with Crippen molar-refractivity contribution < 1.29 is 0 Å². The number of hydrogen-bond acceptors (Lipinski definition) is 5. The first kappa shape index (κ1) is 20.8. The highest BCUT2D eigenvalue weighted by molar-refractivity contribution is 5.80. The minimum atomic E-state index is 0.657. The van der Waals surface area contributed by atoms with E-state index >= 15 is 0 Å². The monoisotopic (exact) mass is 435 g/mol. The Morgan fingerprint density at radius 2 is 1.61 bits per heavy atom. The number of hydrogen-bond donors (Lipinski definition) is 1. The van der Waals surface area contributed by atoms with E-state index in [4.69, 9.17) is 5.10 Å². The summed E-state index contributed by atoms with van der Waals surface area (Å²) < 4.78 is 1.90. The Hall–Kier alpha value is -4.13. The molecule has 7 nitrogen and oxygen atoms in total. The summed E-state index contributed by atoms with van der Waals surface area (Å²) in [5.41, 5.74) is 6.75. The number of benzene rings is 3. The number of aromatic nitrogens is 7. The molecule has 0 aliphatic heterocycles. The number of unbranched alkanes of at least 4 members (excludes halogenated alkanes) is 1. The minimum Gasteiger partial charge on any atom is -0.248 e. The molecule has 0 radical (unpaired) electrons. The predicted octanol–water partition coefficient (Wildman–Crippen LogP) is 5.18. The van der Waals surface area contributed by atoms with Crippen LogP contribution in [-0.4, -0.2) is 35.4 Å². The molecule has 0 amide bonds. The smallest absolute Gasteiger partial charge is 0.181 e. The van der Waals surface area contributed by atoms with Gasteiger partial charge in [0.2, 0.25) is 0 Å². The van der Waals surface area contributed by atoms with E-state index in [1.165, 1.54) is 18.4 Å². The van der Waals surface area contributed by atoms with E-state index in [-0.39, 0.29) is 0 Å². The van der Waals surface area contributed by atoms with Gasteiger partial charge in [-0.3, -0.25) is 0 Å². The maximum atomic E-state index is 4.75. The van der Waals surface area contributed by atoms with Crippen LogP contribution < -0.4 is 0 Å². The number of H-pyrrole nitrogens is 1. The summed E-state index contributed by atoms with van der Waals surface area (Å²) in [5.74, 6) is 1.44. The van der Waals surface area contributed by atoms with Crippen LogP contribution in [0.15, 0.2) is 79.1 Å². The molecule has 7 heteroatoms. The van der Waals surface area contributed by atoms with Gasteiger partial charge in [0.25, 0.3) is 0 Å². The Labute approximate surface area is 192 Å². The number of aromatic amines is 1. The molecule has 0 aliphatic carbocycles. The third-order valence-corrected chi connectivity index (χ3v) is 5.73. The summed E-state index contributed by atoms with van der Waals surface area (Å²) in [7, 11) is 0. The third-order valence-electron chi connectivity index (χ3n) is 5.73. The first-order chi connectivity index (χ1) is 16.3. The SMILES string of the molecule is CCCCc1ccccc1-c1ncn(Cc2ccc(-c3ccccc3-c3nnn[nH]3)cc2)n1. The quantitative estimate of drug-likeness (QED) is 0.363. The molecule has 0 unspecified atom stereocenters. The second-order valence-corrected chi connectivity index (χ2v) is 8.02. The van der Waals surface area contributed by atoms with Crippen LogP contribution >= 0.6 is 0 Å². The summed E-state index contributed by atoms with van der Waals surface area (Å²) in [6.07, 6.45) is 5.20. The van der Waals surface area contributed by atoms with E-state index in [1.54, 1.807) is 0 Å². The van der Waals surface area contributed by atoms with Gasteiger partial charge in [0, 0.05) is 11.1 Å². The van der Waals surface area contributed by atoms with E-state index in [9.17, 15) is 0 Å². The van der Waals surface area contributed by atoms with Crippen LogP contribution in [0, 0.1) is 0 Å². The zero-order valence-corrected chi connectivity index (χ0v) is 18.5. The molecule has 0 fully saturated rings. The summed E-state index contributed by atoms with van der Waals surface area (Å²) in [5, 5.41) is 19.1. The van der Waals surface area contributed by atoms with Gasteiger partial charge in [-0.2, -0.15) is 5.10 Å². The van der Waals surface area contributed by atoms with E-state index in [0.29, 0.717) is 12.4 Å². The van der Waals surface area contributed by atoms with Gasteiger partial charge in [-0.25, -0.2) is 14.8 Å². The molecule has 3 aromatic carbocycles. The number of tetrazole rings is 1. The molecule has 5 rings (SSSR count). The van der Waals surface area contributed by atoms with Crippen LogP contribution in [0.2, 0.25) is 0 Å². The first-order valence-corrected chi connectivity index (χ1v) is 11.2. The van der Waals surface area contributed by atoms with Gasteiger partial charge in [-0.1, -0.05) is 86.1 Å². The third kappa shape index (κ3) is 4.57. The van der Waals surface area contributed by atoms with Gasteiger partial charge in [-0.05, 0) is 45.5 Å². The fourth-order valence-corrected chi connectivity index (χ4v) is 4.01. The van der Waals surface area contributed by atoms with E-state index < -0.39 is 0 Å². The van der Waals surface area contributed by atoms with Gasteiger partial charge < -0.3 is 0 Å². The van der Waals surface area contributed by atoms with Crippen LogP contribution in [0.5, 0.6) is 0 Å². The summed E-state index contributed by atoms with van der Waals surface area (Å²) in [4.78, 5) is 4.59. The Morgan fingerprint density at radius 3 is 2.36 bits per heavy atom. The lowest BCUT2D eigenvalue weighted by Crippen LogP contribution is -2.01. The molecule has 0 aliphatic rings. The summed E-state index contributed by atoms with van der Waals surface area (Å²) in [6, 6.07) is 25.0. The van der Waals surface area contributed by atoms with Crippen LogP contribution in [0.4, 0.5) is 0 Å². The van der Waals surface area contributed by atoms with Crippen LogP contribution in [0.3, 0.4) is 0 Å². The van der Waals surface area contributed by atoms with Crippen molar-refractivity contribution >= 4 is 0 Å². The van der Waals surface area contributed by atoms with E-state index in [1.807, 2.05) is 29.2 Å². The van der Waals surface area contributed by atoms with Gasteiger partial charge in [0.1, 0.15) is 6.33 Å². The van der Waals surface area contributed by atoms with Crippen LogP contribution in [-0.2, 0) is 13.0 Å². The maximum Gasteiger partial charge on any atom is 0.181 e. The maximum absolute atomic E-state index is 4.75. The fourth-order valence-electron chi connectivity index (χ4n) is 4.01. The van der Waals surface area contributed by atoms with Crippen molar-refractivity contribution in [2.24, 2.45) is 0 Å².